The molecule has 2 aliphatic carbocycles. The van der Waals surface area contributed by atoms with Crippen molar-refractivity contribution in [3.05, 3.63) is 34.9 Å². The summed E-state index contributed by atoms with van der Waals surface area (Å²) in [6, 6.07) is 6.80. The van der Waals surface area contributed by atoms with Crippen LogP contribution in [-0.2, 0) is 9.59 Å². The van der Waals surface area contributed by atoms with E-state index in [1.807, 2.05) is 0 Å². The Morgan fingerprint density at radius 1 is 1.29 bits per heavy atom. The van der Waals surface area contributed by atoms with Gasteiger partial charge in [-0.2, -0.15) is 0 Å². The number of hydrogen-bond donors (Lipinski definition) is 0. The average Bonchev–Trinajstić information content (AvgIpc) is 2.60. The number of Topliss-reactive ketones (excluding diaryl/α,β-unsaturated/α-hetero) is 3. The standard InChI is InChI=1S/C17H17ClO3/c1-17-7-6-11(13(16(17)21)9-15(17)20)8-14(19)10-2-4-12(18)5-3-10/h2-5,11,13H,6-9H2,1H3/t11-,13+,17+/m0/s1. The number of ketones is 3. The molecule has 2 aliphatic rings. The molecule has 2 saturated carbocycles. The van der Waals surface area contributed by atoms with Crippen molar-refractivity contribution < 1.29 is 14.4 Å². The Morgan fingerprint density at radius 3 is 2.62 bits per heavy atom. The van der Waals surface area contributed by atoms with E-state index in [0.29, 0.717) is 29.8 Å². The Hall–Kier alpha value is -1.48. The van der Waals surface area contributed by atoms with Crippen LogP contribution in [0.2, 0.25) is 5.02 Å². The van der Waals surface area contributed by atoms with Crippen molar-refractivity contribution in [2.24, 2.45) is 17.3 Å². The molecule has 0 N–H and O–H groups in total. The molecule has 0 aliphatic heterocycles. The van der Waals surface area contributed by atoms with E-state index in [2.05, 4.69) is 0 Å². The van der Waals surface area contributed by atoms with Gasteiger partial charge in [0.15, 0.2) is 5.78 Å². The predicted octanol–water partition coefficient (Wildman–Crippen LogP) is 3.49. The van der Waals surface area contributed by atoms with E-state index < -0.39 is 5.41 Å². The van der Waals surface area contributed by atoms with Gasteiger partial charge in [0.25, 0.3) is 0 Å². The summed E-state index contributed by atoms with van der Waals surface area (Å²) in [5, 5.41) is 0.594. The SMILES string of the molecule is C[C@@]12CC[C@@H](CC(=O)c3ccc(Cl)cc3)[C@@H](CC1=O)C2=O. The first-order valence-corrected chi connectivity index (χ1v) is 7.66. The minimum absolute atomic E-state index is 0.000188. The predicted molar refractivity (Wildman–Crippen MR) is 79.4 cm³/mol. The minimum Gasteiger partial charge on any atom is -0.299 e. The molecule has 110 valence electrons. The van der Waals surface area contributed by atoms with Gasteiger partial charge in [-0.05, 0) is 49.9 Å². The molecule has 3 nitrogen and oxygen atoms in total. The van der Waals surface area contributed by atoms with Crippen LogP contribution in [-0.4, -0.2) is 17.3 Å². The van der Waals surface area contributed by atoms with Gasteiger partial charge in [0.05, 0.1) is 5.41 Å². The molecule has 4 heteroatoms. The number of carbonyl (C=O) groups is 3. The molecular formula is C17H17ClO3. The maximum Gasteiger partial charge on any atom is 0.163 e. The van der Waals surface area contributed by atoms with E-state index >= 15 is 0 Å². The molecule has 3 atom stereocenters. The van der Waals surface area contributed by atoms with Gasteiger partial charge in [-0.1, -0.05) is 11.6 Å². The van der Waals surface area contributed by atoms with E-state index in [1.165, 1.54) is 0 Å². The van der Waals surface area contributed by atoms with Crippen molar-refractivity contribution in [1.29, 1.82) is 0 Å². The lowest BCUT2D eigenvalue weighted by molar-refractivity contribution is -0.137. The fraction of sp³-hybridized carbons (Fsp3) is 0.471. The maximum atomic E-state index is 12.3. The second-order valence-corrected chi connectivity index (χ2v) is 6.80. The topological polar surface area (TPSA) is 51.2 Å². The van der Waals surface area contributed by atoms with Crippen LogP contribution in [0.15, 0.2) is 24.3 Å². The van der Waals surface area contributed by atoms with Gasteiger partial charge in [-0.3, -0.25) is 14.4 Å². The molecule has 0 unspecified atom stereocenters. The van der Waals surface area contributed by atoms with Crippen LogP contribution >= 0.6 is 11.6 Å². The Kier molecular flexibility index (Phi) is 3.48. The summed E-state index contributed by atoms with van der Waals surface area (Å²) in [5.74, 6) is -0.133. The summed E-state index contributed by atoms with van der Waals surface area (Å²) >= 11 is 5.82. The summed E-state index contributed by atoms with van der Waals surface area (Å²) in [7, 11) is 0. The lowest BCUT2D eigenvalue weighted by Gasteiger charge is -2.31. The van der Waals surface area contributed by atoms with Crippen LogP contribution in [0.4, 0.5) is 0 Å². The van der Waals surface area contributed by atoms with Crippen LogP contribution in [0, 0.1) is 17.3 Å². The molecule has 21 heavy (non-hydrogen) atoms. The third-order valence-corrected chi connectivity index (χ3v) is 5.35. The quantitative estimate of drug-likeness (QED) is 0.634. The molecule has 2 fully saturated rings. The third-order valence-electron chi connectivity index (χ3n) is 5.10. The zero-order valence-corrected chi connectivity index (χ0v) is 12.7. The molecule has 1 aromatic rings. The number of fused-ring (bicyclic) bond motifs is 2. The van der Waals surface area contributed by atoms with Gasteiger partial charge in [-0.15, -0.1) is 0 Å². The average molecular weight is 305 g/mol. The first-order chi connectivity index (χ1) is 9.91. The van der Waals surface area contributed by atoms with Gasteiger partial charge in [-0.25, -0.2) is 0 Å². The molecule has 0 saturated heterocycles. The van der Waals surface area contributed by atoms with Crippen molar-refractivity contribution in [3.63, 3.8) is 0 Å². The smallest absolute Gasteiger partial charge is 0.163 e. The highest BCUT2D eigenvalue weighted by atomic mass is 35.5. The number of benzene rings is 1. The molecule has 0 heterocycles. The highest BCUT2D eigenvalue weighted by Crippen LogP contribution is 2.49. The van der Waals surface area contributed by atoms with Gasteiger partial charge >= 0.3 is 0 Å². The largest absolute Gasteiger partial charge is 0.299 e. The fourth-order valence-electron chi connectivity index (χ4n) is 3.62. The van der Waals surface area contributed by atoms with E-state index in [9.17, 15) is 14.4 Å². The summed E-state index contributed by atoms with van der Waals surface area (Å²) in [6.45, 7) is 1.76. The minimum atomic E-state index is -0.773. The molecular weight excluding hydrogens is 288 g/mol. The molecule has 0 amide bonds. The van der Waals surface area contributed by atoms with Gasteiger partial charge < -0.3 is 0 Å². The zero-order valence-electron chi connectivity index (χ0n) is 11.9. The van der Waals surface area contributed by atoms with Crippen LogP contribution in [0.3, 0.4) is 0 Å². The summed E-state index contributed by atoms with van der Waals surface area (Å²) in [4.78, 5) is 36.7. The van der Waals surface area contributed by atoms with Crippen LogP contribution in [0.5, 0.6) is 0 Å². The lowest BCUT2D eigenvalue weighted by atomic mass is 9.69. The van der Waals surface area contributed by atoms with Gasteiger partial charge in [0.1, 0.15) is 11.6 Å². The monoisotopic (exact) mass is 304 g/mol. The Labute approximate surface area is 128 Å². The van der Waals surface area contributed by atoms with Crippen molar-refractivity contribution in [2.75, 3.05) is 0 Å². The van der Waals surface area contributed by atoms with Crippen molar-refractivity contribution in [2.45, 2.75) is 32.6 Å². The highest BCUT2D eigenvalue weighted by Gasteiger charge is 2.56. The Balaban J connectivity index is 1.75. The van der Waals surface area contributed by atoms with E-state index in [0.717, 1.165) is 6.42 Å². The second-order valence-electron chi connectivity index (χ2n) is 6.36. The molecule has 0 spiro atoms. The molecule has 2 bridgehead atoms. The van der Waals surface area contributed by atoms with E-state index in [-0.39, 0.29) is 29.2 Å². The van der Waals surface area contributed by atoms with Crippen LogP contribution in [0.25, 0.3) is 0 Å². The first kappa shape index (κ1) is 14.5. The number of rotatable bonds is 3. The zero-order chi connectivity index (χ0) is 15.2. The van der Waals surface area contributed by atoms with Crippen LogP contribution in [0.1, 0.15) is 43.0 Å². The second kappa shape index (κ2) is 5.06. The van der Waals surface area contributed by atoms with Crippen LogP contribution < -0.4 is 0 Å². The Morgan fingerprint density at radius 2 is 1.95 bits per heavy atom. The molecule has 0 aromatic heterocycles. The van der Waals surface area contributed by atoms with E-state index in [4.69, 9.17) is 11.6 Å². The van der Waals surface area contributed by atoms with Crippen molar-refractivity contribution in [1.82, 2.24) is 0 Å². The van der Waals surface area contributed by atoms with Crippen molar-refractivity contribution in [3.8, 4) is 0 Å². The molecule has 3 rings (SSSR count). The van der Waals surface area contributed by atoms with Crippen molar-refractivity contribution >= 4 is 29.0 Å². The van der Waals surface area contributed by atoms with Gasteiger partial charge in [0.2, 0.25) is 0 Å². The normalized spacial score (nSPS) is 31.5. The summed E-state index contributed by atoms with van der Waals surface area (Å²) in [6.07, 6.45) is 2.01. The number of carbonyl (C=O) groups excluding carboxylic acids is 3. The summed E-state index contributed by atoms with van der Waals surface area (Å²) in [5.41, 5.74) is -0.158. The number of hydrogen-bond acceptors (Lipinski definition) is 3. The maximum absolute atomic E-state index is 12.3. The van der Waals surface area contributed by atoms with E-state index in [1.54, 1.807) is 31.2 Å². The number of halogens is 1. The molecule has 1 aromatic carbocycles. The first-order valence-electron chi connectivity index (χ1n) is 7.28. The van der Waals surface area contributed by atoms with Gasteiger partial charge in [0, 0.05) is 29.3 Å². The molecule has 0 radical (unpaired) electrons. The highest BCUT2D eigenvalue weighted by molar-refractivity contribution is 6.30. The fourth-order valence-corrected chi connectivity index (χ4v) is 3.74. The third kappa shape index (κ3) is 2.34. The Bertz CT molecular complexity index is 619. The lowest BCUT2D eigenvalue weighted by Crippen LogP contribution is -2.38. The summed E-state index contributed by atoms with van der Waals surface area (Å²) < 4.78 is 0.